The number of aryl methyl sites for hydroxylation is 2. The zero-order chi connectivity index (χ0) is 15.4. The molecule has 0 radical (unpaired) electrons. The summed E-state index contributed by atoms with van der Waals surface area (Å²) in [7, 11) is 0. The molecule has 0 atom stereocenters. The molecule has 0 saturated carbocycles. The largest absolute Gasteiger partial charge is 0.493 e. The van der Waals surface area contributed by atoms with Gasteiger partial charge in [-0.1, -0.05) is 11.6 Å². The minimum absolute atomic E-state index is 0.0284. The summed E-state index contributed by atoms with van der Waals surface area (Å²) in [6, 6.07) is 5.50. The molecular weight excluding hydrogens is 310 g/mol. The normalized spacial score (nSPS) is 10.6. The van der Waals surface area contributed by atoms with Gasteiger partial charge >= 0.3 is 5.97 Å². The minimum atomic E-state index is -0.832. The van der Waals surface area contributed by atoms with Crippen LogP contribution in [0.3, 0.4) is 0 Å². The quantitative estimate of drug-likeness (QED) is 0.880. The van der Waals surface area contributed by atoms with E-state index in [1.165, 1.54) is 11.3 Å². The Labute approximate surface area is 132 Å². The molecule has 2 rings (SSSR count). The molecule has 21 heavy (non-hydrogen) atoms. The monoisotopic (exact) mass is 325 g/mol. The number of hydrogen-bond acceptors (Lipinski definition) is 4. The lowest BCUT2D eigenvalue weighted by Crippen LogP contribution is -2.02. The number of halogens is 1. The molecule has 0 spiro atoms. The molecule has 0 amide bonds. The third-order valence-electron chi connectivity index (χ3n) is 2.96. The van der Waals surface area contributed by atoms with Gasteiger partial charge in [-0.2, -0.15) is 0 Å². The first kappa shape index (κ1) is 15.8. The second-order valence-corrected chi connectivity index (χ2v) is 6.30. The standard InChI is InChI=1S/C15H16ClNO3S/c1-9-7-11(16)3-4-12(9)20-6-5-14-17-10(2)13(21-14)8-15(18)19/h3-4,7H,5-6,8H2,1-2H3,(H,18,19). The van der Waals surface area contributed by atoms with Gasteiger partial charge in [-0.05, 0) is 37.6 Å². The summed E-state index contributed by atoms with van der Waals surface area (Å²) in [6.07, 6.45) is 0.688. The summed E-state index contributed by atoms with van der Waals surface area (Å²) in [5.41, 5.74) is 1.78. The number of benzene rings is 1. The molecule has 112 valence electrons. The molecule has 1 heterocycles. The van der Waals surface area contributed by atoms with E-state index in [-0.39, 0.29) is 6.42 Å². The predicted octanol–water partition coefficient (Wildman–Crippen LogP) is 3.66. The van der Waals surface area contributed by atoms with E-state index in [9.17, 15) is 4.79 Å². The van der Waals surface area contributed by atoms with Crippen molar-refractivity contribution in [2.75, 3.05) is 6.61 Å². The Balaban J connectivity index is 1.93. The lowest BCUT2D eigenvalue weighted by atomic mass is 10.2. The fourth-order valence-electron chi connectivity index (χ4n) is 1.92. The van der Waals surface area contributed by atoms with Crippen LogP contribution in [0.25, 0.3) is 0 Å². The summed E-state index contributed by atoms with van der Waals surface area (Å²) in [5.74, 6) is -0.0280. The lowest BCUT2D eigenvalue weighted by molar-refractivity contribution is -0.136. The number of thiazole rings is 1. The van der Waals surface area contributed by atoms with Crippen LogP contribution in [-0.4, -0.2) is 22.7 Å². The summed E-state index contributed by atoms with van der Waals surface area (Å²) < 4.78 is 5.72. The van der Waals surface area contributed by atoms with Crippen molar-refractivity contribution in [2.24, 2.45) is 0 Å². The molecule has 1 aromatic carbocycles. The molecule has 2 aromatic rings. The zero-order valence-corrected chi connectivity index (χ0v) is 13.4. The van der Waals surface area contributed by atoms with Crippen molar-refractivity contribution in [1.82, 2.24) is 4.98 Å². The van der Waals surface area contributed by atoms with Crippen LogP contribution >= 0.6 is 22.9 Å². The van der Waals surface area contributed by atoms with Gasteiger partial charge < -0.3 is 9.84 Å². The Hall–Kier alpha value is -1.59. The number of carbonyl (C=O) groups is 1. The zero-order valence-electron chi connectivity index (χ0n) is 11.9. The average Bonchev–Trinajstić information content (AvgIpc) is 2.72. The van der Waals surface area contributed by atoms with Crippen LogP contribution in [0.15, 0.2) is 18.2 Å². The van der Waals surface area contributed by atoms with Gasteiger partial charge in [-0.25, -0.2) is 4.98 Å². The van der Waals surface area contributed by atoms with Gasteiger partial charge in [-0.15, -0.1) is 11.3 Å². The Morgan fingerprint density at radius 2 is 2.19 bits per heavy atom. The number of carboxylic acid groups (broad SMARTS) is 1. The number of nitrogens with zero attached hydrogens (tertiary/aromatic N) is 1. The van der Waals surface area contributed by atoms with Crippen molar-refractivity contribution in [3.8, 4) is 5.75 Å². The molecule has 0 bridgehead atoms. The number of aliphatic carboxylic acids is 1. The highest BCUT2D eigenvalue weighted by Gasteiger charge is 2.11. The number of aromatic nitrogens is 1. The Morgan fingerprint density at radius 1 is 1.43 bits per heavy atom. The molecule has 0 unspecified atom stereocenters. The smallest absolute Gasteiger partial charge is 0.308 e. The highest BCUT2D eigenvalue weighted by atomic mass is 35.5. The Morgan fingerprint density at radius 3 is 2.86 bits per heavy atom. The van der Waals surface area contributed by atoms with E-state index in [0.717, 1.165) is 26.9 Å². The van der Waals surface area contributed by atoms with Gasteiger partial charge in [0.15, 0.2) is 0 Å². The molecule has 1 N–H and O–H groups in total. The maximum atomic E-state index is 10.7. The minimum Gasteiger partial charge on any atom is -0.493 e. The van der Waals surface area contributed by atoms with Crippen LogP contribution in [0.1, 0.15) is 21.1 Å². The van der Waals surface area contributed by atoms with E-state index >= 15 is 0 Å². The van der Waals surface area contributed by atoms with Crippen molar-refractivity contribution in [1.29, 1.82) is 0 Å². The molecule has 4 nitrogen and oxygen atoms in total. The molecule has 0 fully saturated rings. The van der Waals surface area contributed by atoms with Crippen LogP contribution in [0, 0.1) is 13.8 Å². The number of hydrogen-bond donors (Lipinski definition) is 1. The van der Waals surface area contributed by atoms with Crippen molar-refractivity contribution >= 4 is 28.9 Å². The Kier molecular flexibility index (Phi) is 5.20. The van der Waals surface area contributed by atoms with E-state index in [0.29, 0.717) is 18.1 Å². The molecule has 0 aliphatic heterocycles. The van der Waals surface area contributed by atoms with Crippen molar-refractivity contribution in [3.05, 3.63) is 44.4 Å². The number of ether oxygens (including phenoxy) is 1. The summed E-state index contributed by atoms with van der Waals surface area (Å²) in [6.45, 7) is 4.28. The summed E-state index contributed by atoms with van der Waals surface area (Å²) >= 11 is 7.33. The first-order valence-electron chi connectivity index (χ1n) is 6.51. The van der Waals surface area contributed by atoms with Crippen LogP contribution in [0.5, 0.6) is 5.75 Å². The van der Waals surface area contributed by atoms with E-state index in [1.54, 1.807) is 6.07 Å². The first-order valence-corrected chi connectivity index (χ1v) is 7.71. The molecule has 0 aliphatic carbocycles. The van der Waals surface area contributed by atoms with E-state index in [2.05, 4.69) is 4.98 Å². The highest BCUT2D eigenvalue weighted by molar-refractivity contribution is 7.11. The topological polar surface area (TPSA) is 59.4 Å². The van der Waals surface area contributed by atoms with E-state index < -0.39 is 5.97 Å². The molecule has 6 heteroatoms. The highest BCUT2D eigenvalue weighted by Crippen LogP contribution is 2.23. The molecular formula is C15H16ClNO3S. The van der Waals surface area contributed by atoms with Crippen LogP contribution in [-0.2, 0) is 17.6 Å². The third-order valence-corrected chi connectivity index (χ3v) is 4.41. The second-order valence-electron chi connectivity index (χ2n) is 4.69. The molecule has 0 aliphatic rings. The SMILES string of the molecule is Cc1cc(Cl)ccc1OCCc1nc(C)c(CC(=O)O)s1. The molecule has 0 saturated heterocycles. The van der Waals surface area contributed by atoms with Crippen LogP contribution in [0.4, 0.5) is 0 Å². The summed E-state index contributed by atoms with van der Waals surface area (Å²) in [4.78, 5) is 15.9. The van der Waals surface area contributed by atoms with Crippen LogP contribution in [0.2, 0.25) is 5.02 Å². The van der Waals surface area contributed by atoms with Crippen molar-refractivity contribution < 1.29 is 14.6 Å². The maximum Gasteiger partial charge on any atom is 0.308 e. The van der Waals surface area contributed by atoms with Gasteiger partial charge in [0, 0.05) is 16.3 Å². The predicted molar refractivity (Wildman–Crippen MR) is 83.6 cm³/mol. The van der Waals surface area contributed by atoms with Gasteiger partial charge in [0.2, 0.25) is 0 Å². The second kappa shape index (κ2) is 6.91. The van der Waals surface area contributed by atoms with Crippen LogP contribution < -0.4 is 4.74 Å². The molecule has 1 aromatic heterocycles. The lowest BCUT2D eigenvalue weighted by Gasteiger charge is -2.08. The number of rotatable bonds is 6. The Bertz CT molecular complexity index is 654. The average molecular weight is 326 g/mol. The van der Waals surface area contributed by atoms with Gasteiger partial charge in [0.05, 0.1) is 23.7 Å². The maximum absolute atomic E-state index is 10.7. The number of carboxylic acids is 1. The van der Waals surface area contributed by atoms with E-state index in [4.69, 9.17) is 21.4 Å². The fraction of sp³-hybridized carbons (Fsp3) is 0.333. The fourth-order valence-corrected chi connectivity index (χ4v) is 3.19. The third kappa shape index (κ3) is 4.44. The first-order chi connectivity index (χ1) is 9.95. The van der Waals surface area contributed by atoms with Gasteiger partial charge in [0.1, 0.15) is 5.75 Å². The summed E-state index contributed by atoms with van der Waals surface area (Å²) in [5, 5.41) is 10.4. The van der Waals surface area contributed by atoms with Crippen molar-refractivity contribution in [2.45, 2.75) is 26.7 Å². The van der Waals surface area contributed by atoms with Crippen molar-refractivity contribution in [3.63, 3.8) is 0 Å². The van der Waals surface area contributed by atoms with Gasteiger partial charge in [0.25, 0.3) is 0 Å². The van der Waals surface area contributed by atoms with Gasteiger partial charge in [-0.3, -0.25) is 4.79 Å². The van der Waals surface area contributed by atoms with E-state index in [1.807, 2.05) is 26.0 Å².